The number of hydrogen-bond donors (Lipinski definition) is 1. The number of anilines is 3. The van der Waals surface area contributed by atoms with Crippen LogP contribution in [0.15, 0.2) is 115 Å². The molecule has 4 heteroatoms. The number of phenolic OH excluding ortho intramolecular Hbond substituents is 1. The first-order valence-corrected chi connectivity index (χ1v) is 11.7. The average Bonchev–Trinajstić information content (AvgIpc) is 3.22. The van der Waals surface area contributed by atoms with Gasteiger partial charge in [-0.2, -0.15) is 42.0 Å². The Morgan fingerprint density at radius 1 is 0.694 bits per heavy atom. The van der Waals surface area contributed by atoms with E-state index in [-0.39, 0.29) is 33.0 Å². The molecule has 1 unspecified atom stereocenters. The molecule has 0 aromatic heterocycles. The number of rotatable bonds is 4. The summed E-state index contributed by atoms with van der Waals surface area (Å²) in [5.41, 5.74) is 8.28. The van der Waals surface area contributed by atoms with Crippen molar-refractivity contribution in [3.63, 3.8) is 0 Å². The van der Waals surface area contributed by atoms with Crippen molar-refractivity contribution in [2.24, 2.45) is 0 Å². The van der Waals surface area contributed by atoms with Crippen molar-refractivity contribution in [3.8, 4) is 28.0 Å². The third-order valence-electron chi connectivity index (χ3n) is 6.57. The van der Waals surface area contributed by atoms with E-state index in [1.165, 1.54) is 0 Å². The van der Waals surface area contributed by atoms with Crippen LogP contribution in [0.3, 0.4) is 0 Å². The van der Waals surface area contributed by atoms with Crippen LogP contribution in [-0.4, -0.2) is 12.2 Å². The van der Waals surface area contributed by atoms with E-state index in [0.29, 0.717) is 0 Å². The Balaban J connectivity index is 0.00000267. The molecule has 1 aliphatic rings. The molecule has 0 bridgehead atoms. The quantitative estimate of drug-likeness (QED) is 0.204. The second-order valence-electron chi connectivity index (χ2n) is 8.68. The minimum Gasteiger partial charge on any atom is -0.508 e. The van der Waals surface area contributed by atoms with Gasteiger partial charge in [-0.3, -0.25) is 0 Å². The molecule has 6 rings (SSSR count). The Morgan fingerprint density at radius 3 is 2.17 bits per heavy atom. The molecule has 36 heavy (non-hydrogen) atoms. The van der Waals surface area contributed by atoms with Gasteiger partial charge in [0.25, 0.3) is 0 Å². The maximum Gasteiger partial charge on any atom is 0.135 e. The van der Waals surface area contributed by atoms with Crippen molar-refractivity contribution in [3.05, 3.63) is 133 Å². The molecule has 1 heterocycles. The predicted octanol–water partition coefficient (Wildman–Crippen LogP) is 7.61. The van der Waals surface area contributed by atoms with Crippen LogP contribution >= 0.6 is 0 Å². The number of fused-ring (bicyclic) bond motifs is 1. The monoisotopic (exact) mass is 647 g/mol. The molecule has 1 N–H and O–H groups in total. The first-order valence-electron chi connectivity index (χ1n) is 11.7. The zero-order valence-electron chi connectivity index (χ0n) is 19.7. The molecule has 0 fully saturated rings. The van der Waals surface area contributed by atoms with Gasteiger partial charge in [0.1, 0.15) is 11.9 Å². The van der Waals surface area contributed by atoms with Crippen molar-refractivity contribution in [2.45, 2.75) is 6.17 Å². The van der Waals surface area contributed by atoms with Crippen LogP contribution in [0, 0.1) is 12.1 Å². The summed E-state index contributed by atoms with van der Waals surface area (Å²) in [6.07, 6.45) is -0.194. The van der Waals surface area contributed by atoms with Crippen LogP contribution in [0.25, 0.3) is 22.3 Å². The zero-order valence-corrected chi connectivity index (χ0v) is 22.0. The fourth-order valence-electron chi connectivity index (χ4n) is 5.01. The largest absolute Gasteiger partial charge is 0.508 e. The van der Waals surface area contributed by atoms with Crippen LogP contribution in [0.4, 0.5) is 17.1 Å². The summed E-state index contributed by atoms with van der Waals surface area (Å²) in [6.45, 7) is 0. The number of benzene rings is 5. The van der Waals surface area contributed by atoms with E-state index in [1.54, 1.807) is 6.07 Å². The van der Waals surface area contributed by atoms with Gasteiger partial charge in [0.2, 0.25) is 0 Å². The first kappa shape index (κ1) is 23.9. The maximum atomic E-state index is 10.8. The van der Waals surface area contributed by atoms with E-state index < -0.39 is 0 Å². The van der Waals surface area contributed by atoms with Gasteiger partial charge in [-0.15, -0.1) is 23.8 Å². The summed E-state index contributed by atoms with van der Waals surface area (Å²) >= 11 is 0. The summed E-state index contributed by atoms with van der Waals surface area (Å²) in [4.78, 5) is 4.55. The van der Waals surface area contributed by atoms with E-state index in [9.17, 15) is 5.11 Å². The summed E-state index contributed by atoms with van der Waals surface area (Å²) in [7, 11) is 2.09. The molecule has 1 aliphatic heterocycles. The van der Waals surface area contributed by atoms with E-state index >= 15 is 0 Å². The van der Waals surface area contributed by atoms with Gasteiger partial charge in [-0.05, 0) is 24.3 Å². The molecule has 0 aliphatic carbocycles. The minimum absolute atomic E-state index is 0. The molecule has 1 atom stereocenters. The molecule has 0 amide bonds. The molecule has 180 valence electrons. The first-order chi connectivity index (χ1) is 17.2. The maximum absolute atomic E-state index is 10.8. The average molecular weight is 648 g/mol. The van der Waals surface area contributed by atoms with E-state index in [4.69, 9.17) is 0 Å². The summed E-state index contributed by atoms with van der Waals surface area (Å²) in [5.74, 6) is 0.285. The van der Waals surface area contributed by atoms with E-state index in [0.717, 1.165) is 44.9 Å². The van der Waals surface area contributed by atoms with Gasteiger partial charge in [0, 0.05) is 45.1 Å². The van der Waals surface area contributed by atoms with Crippen LogP contribution in [0.1, 0.15) is 11.7 Å². The summed E-state index contributed by atoms with van der Waals surface area (Å²) in [5, 5.41) is 10.8. The van der Waals surface area contributed by atoms with Gasteiger partial charge in [0.05, 0.1) is 5.69 Å². The van der Waals surface area contributed by atoms with Gasteiger partial charge in [0.15, 0.2) is 0 Å². The van der Waals surface area contributed by atoms with Crippen molar-refractivity contribution in [1.82, 2.24) is 0 Å². The Kier molecular flexibility index (Phi) is 6.67. The minimum atomic E-state index is -0.194. The SMILES string of the molecule is CN1c2c(-c3[c-]c(-c4[c-]cccc4)ccc3)cccc2N(c2ccccc2)C1c1ccccc1O.[Pt]. The standard InChI is InChI=1S/C32H24N2O.Pt/c1-33-31-27(25-15-10-14-24(22-25)23-12-4-2-5-13-23)19-11-20-29(31)34(26-16-6-3-7-17-26)32(33)28-18-8-9-21-30(28)35;/h2-12,14-21,32,35H,1H3;/q-2;. The molecule has 0 radical (unpaired) electrons. The van der Waals surface area contributed by atoms with Gasteiger partial charge >= 0.3 is 0 Å². The molecular weight excluding hydrogens is 623 g/mol. The van der Waals surface area contributed by atoms with E-state index in [2.05, 4.69) is 83.6 Å². The van der Waals surface area contributed by atoms with Crippen molar-refractivity contribution >= 4 is 17.1 Å². The number of aromatic hydroxyl groups is 1. The Hall–Kier alpha value is -3.81. The van der Waals surface area contributed by atoms with Crippen molar-refractivity contribution in [2.75, 3.05) is 16.8 Å². The number of para-hydroxylation sites is 3. The van der Waals surface area contributed by atoms with Crippen LogP contribution in [0.2, 0.25) is 0 Å². The Morgan fingerprint density at radius 2 is 1.39 bits per heavy atom. The fraction of sp³-hybridized carbons (Fsp3) is 0.0625. The summed E-state index contributed by atoms with van der Waals surface area (Å²) in [6, 6.07) is 45.5. The van der Waals surface area contributed by atoms with Crippen LogP contribution in [-0.2, 0) is 21.1 Å². The van der Waals surface area contributed by atoms with E-state index in [1.807, 2.05) is 54.6 Å². The number of nitrogens with zero attached hydrogens (tertiary/aromatic N) is 2. The van der Waals surface area contributed by atoms with Gasteiger partial charge < -0.3 is 14.9 Å². The van der Waals surface area contributed by atoms with Crippen LogP contribution < -0.4 is 9.80 Å². The van der Waals surface area contributed by atoms with Crippen molar-refractivity contribution in [1.29, 1.82) is 0 Å². The normalized spacial score (nSPS) is 14.3. The molecule has 5 aromatic rings. The number of phenols is 1. The fourth-order valence-corrected chi connectivity index (χ4v) is 5.01. The molecule has 0 saturated heterocycles. The van der Waals surface area contributed by atoms with Crippen LogP contribution in [0.5, 0.6) is 5.75 Å². The third kappa shape index (κ3) is 4.10. The summed E-state index contributed by atoms with van der Waals surface area (Å²) < 4.78 is 0. The molecule has 0 spiro atoms. The van der Waals surface area contributed by atoms with Crippen molar-refractivity contribution < 1.29 is 26.2 Å². The zero-order chi connectivity index (χ0) is 23.8. The molecule has 0 saturated carbocycles. The van der Waals surface area contributed by atoms with Gasteiger partial charge in [-0.25, -0.2) is 5.56 Å². The number of hydrogen-bond acceptors (Lipinski definition) is 3. The Bertz CT molecular complexity index is 1490. The third-order valence-corrected chi connectivity index (χ3v) is 6.57. The second-order valence-corrected chi connectivity index (χ2v) is 8.68. The second kappa shape index (κ2) is 10.0. The predicted molar refractivity (Wildman–Crippen MR) is 143 cm³/mol. The molecular formula is C32H24N2OPt-2. The Labute approximate surface area is 226 Å². The topological polar surface area (TPSA) is 26.7 Å². The molecule has 5 aromatic carbocycles. The van der Waals surface area contributed by atoms with Gasteiger partial charge in [-0.1, -0.05) is 54.1 Å². The molecule has 3 nitrogen and oxygen atoms in total. The smallest absolute Gasteiger partial charge is 0.135 e.